The molecule has 39 heavy (non-hydrogen) atoms. The van der Waals surface area contributed by atoms with Gasteiger partial charge >= 0.3 is 5.97 Å². The molecule has 0 amide bonds. The number of imidazole rings is 1. The second-order valence-corrected chi connectivity index (χ2v) is 9.38. The van der Waals surface area contributed by atoms with E-state index in [0.717, 1.165) is 5.69 Å². The molecule has 0 radical (unpaired) electrons. The van der Waals surface area contributed by atoms with Gasteiger partial charge in [0.15, 0.2) is 0 Å². The number of aliphatic hydroxyl groups excluding tert-OH is 2. The number of para-hydroxylation sites is 1. The Morgan fingerprint density at radius 3 is 2.46 bits per heavy atom. The fourth-order valence-corrected chi connectivity index (χ4v) is 4.10. The zero-order chi connectivity index (χ0) is 27.9. The molecule has 0 aliphatic carbocycles. The minimum absolute atomic E-state index is 0.0324. The van der Waals surface area contributed by atoms with Crippen LogP contribution in [-0.2, 0) is 4.79 Å². The lowest BCUT2D eigenvalue weighted by Gasteiger charge is -2.13. The minimum Gasteiger partial charge on any atom is -0.565 e. The second kappa shape index (κ2) is 12.4. The van der Waals surface area contributed by atoms with Crippen LogP contribution in [0.3, 0.4) is 0 Å². The first-order valence-corrected chi connectivity index (χ1v) is 12.5. The fraction of sp³-hybridized carbons (Fsp3) is 0.241. The van der Waals surface area contributed by atoms with Gasteiger partial charge in [0.05, 0.1) is 29.3 Å². The predicted octanol–water partition coefficient (Wildman–Crippen LogP) is 4.24. The Kier molecular flexibility index (Phi) is 8.80. The first-order chi connectivity index (χ1) is 18.7. The van der Waals surface area contributed by atoms with Crippen molar-refractivity contribution in [3.8, 4) is 22.6 Å². The summed E-state index contributed by atoms with van der Waals surface area (Å²) in [7, 11) is 0. The van der Waals surface area contributed by atoms with Crippen molar-refractivity contribution in [2.45, 2.75) is 44.8 Å². The van der Waals surface area contributed by atoms with Gasteiger partial charge in [0, 0.05) is 40.8 Å². The average molecular weight is 533 g/mol. The van der Waals surface area contributed by atoms with Gasteiger partial charge in [-0.25, -0.2) is 19.3 Å². The lowest BCUT2D eigenvalue weighted by Crippen LogP contribution is -2.19. The molecule has 202 valence electrons. The van der Waals surface area contributed by atoms with Crippen LogP contribution in [-0.4, -0.2) is 53.0 Å². The molecule has 4 rings (SSSR count). The van der Waals surface area contributed by atoms with E-state index >= 15 is 0 Å². The number of nitrogens with zero attached hydrogens (tertiary/aromatic N) is 4. The molecule has 5 N–H and O–H groups in total. The van der Waals surface area contributed by atoms with Crippen LogP contribution in [0, 0.1) is 5.82 Å². The molecule has 0 aliphatic heterocycles. The number of aromatic nitrogens is 4. The van der Waals surface area contributed by atoms with Crippen molar-refractivity contribution >= 4 is 23.8 Å². The summed E-state index contributed by atoms with van der Waals surface area (Å²) in [6.45, 7) is 3.96. The monoisotopic (exact) mass is 532 g/mol. The normalized spacial score (nSPS) is 13.1. The van der Waals surface area contributed by atoms with Crippen LogP contribution in [0.15, 0.2) is 72.9 Å². The van der Waals surface area contributed by atoms with E-state index in [1.165, 1.54) is 18.2 Å². The summed E-state index contributed by atoms with van der Waals surface area (Å²) < 4.78 is 15.6. The zero-order valence-electron chi connectivity index (χ0n) is 21.6. The molecule has 2 aromatic carbocycles. The summed E-state index contributed by atoms with van der Waals surface area (Å²) in [5, 5.41) is 30.7. The Balaban J connectivity index is 1.80. The van der Waals surface area contributed by atoms with E-state index in [9.17, 15) is 19.4 Å². The van der Waals surface area contributed by atoms with Gasteiger partial charge in [-0.3, -0.25) is 0 Å². The minimum atomic E-state index is -1.13. The summed E-state index contributed by atoms with van der Waals surface area (Å²) in [6.07, 6.45) is 2.09. The van der Waals surface area contributed by atoms with Crippen molar-refractivity contribution in [2.75, 3.05) is 5.32 Å². The van der Waals surface area contributed by atoms with Gasteiger partial charge in [-0.05, 0) is 48.5 Å². The smallest absolute Gasteiger partial charge is 0.518 e. The van der Waals surface area contributed by atoms with Crippen LogP contribution in [0.2, 0.25) is 0 Å². The third kappa shape index (κ3) is 7.13. The van der Waals surface area contributed by atoms with Gasteiger partial charge in [-0.15, -0.1) is 0 Å². The van der Waals surface area contributed by atoms with Gasteiger partial charge in [0.2, 0.25) is 5.95 Å². The number of anilines is 2. The van der Waals surface area contributed by atoms with Gasteiger partial charge in [-0.1, -0.05) is 32.0 Å². The average Bonchev–Trinajstić information content (AvgIpc) is 3.28. The van der Waals surface area contributed by atoms with E-state index in [-0.39, 0.29) is 24.6 Å². The Morgan fingerprint density at radius 1 is 1.08 bits per heavy atom. The zero-order valence-corrected chi connectivity index (χ0v) is 21.6. The van der Waals surface area contributed by atoms with E-state index in [1.807, 2.05) is 48.7 Å². The van der Waals surface area contributed by atoms with Gasteiger partial charge < -0.3 is 25.2 Å². The second-order valence-electron chi connectivity index (χ2n) is 9.38. The van der Waals surface area contributed by atoms with Gasteiger partial charge in [0.1, 0.15) is 18.1 Å². The molecule has 0 bridgehead atoms. The molecule has 0 unspecified atom stereocenters. The third-order valence-corrected chi connectivity index (χ3v) is 5.89. The lowest BCUT2D eigenvalue weighted by molar-refractivity contribution is -0.139. The number of carbonyl (C=O) groups excluding carboxylic acids is 1. The Morgan fingerprint density at radius 2 is 1.79 bits per heavy atom. The van der Waals surface area contributed by atoms with Crippen molar-refractivity contribution in [1.82, 2.24) is 19.5 Å². The van der Waals surface area contributed by atoms with Crippen LogP contribution in [0.4, 0.5) is 16.0 Å². The number of benzene rings is 2. The quantitative estimate of drug-likeness (QED) is 0.246. The largest absolute Gasteiger partial charge is 0.565 e. The predicted molar refractivity (Wildman–Crippen MR) is 148 cm³/mol. The van der Waals surface area contributed by atoms with Crippen LogP contribution in [0.25, 0.3) is 28.8 Å². The maximum absolute atomic E-state index is 13.7. The molecule has 10 heteroatoms. The molecule has 2 atom stereocenters. The molecule has 2 aromatic heterocycles. The Hall–Kier alpha value is -4.41. The summed E-state index contributed by atoms with van der Waals surface area (Å²) in [5.74, 6) is -0.256. The molecule has 0 saturated carbocycles. The number of rotatable bonds is 11. The van der Waals surface area contributed by atoms with E-state index < -0.39 is 18.2 Å². The van der Waals surface area contributed by atoms with Crippen LogP contribution < -0.4 is 5.32 Å². The van der Waals surface area contributed by atoms with E-state index in [1.54, 1.807) is 30.6 Å². The van der Waals surface area contributed by atoms with Gasteiger partial charge in [0.25, 0.3) is 0 Å². The molecule has 0 aliphatic rings. The highest BCUT2D eigenvalue weighted by Crippen LogP contribution is 2.35. The summed E-state index contributed by atoms with van der Waals surface area (Å²) >= 11 is 0. The van der Waals surface area contributed by atoms with E-state index in [2.05, 4.69) is 10.3 Å². The molecule has 0 fully saturated rings. The van der Waals surface area contributed by atoms with Crippen molar-refractivity contribution in [3.63, 3.8) is 0 Å². The van der Waals surface area contributed by atoms with Crippen molar-refractivity contribution < 1.29 is 24.5 Å². The Bertz CT molecular complexity index is 1440. The standard InChI is InChI=1S/C29H30FN5O4/c1-18(2)28-34-26(19-8-10-20(30)11-9-19)27(35(28)15-13-22(36)16-23(37)17-25(38)39)24-12-14-31-29(33-24)32-21-6-4-3-5-7-21/h3-15,18,22-23,36-37H,16-17H2,1-2H3,(H,38,39)(H,31,32,33)/p+1/b15-13+/t22-,23-/m1/s1. The number of halogens is 1. The number of hydrogen-bond acceptors (Lipinski definition) is 7. The number of hydrogen-bond donors (Lipinski definition) is 3. The summed E-state index contributed by atoms with van der Waals surface area (Å²) in [4.78, 5) is 25.0. The first kappa shape index (κ1) is 27.6. The highest BCUT2D eigenvalue weighted by Gasteiger charge is 2.23. The van der Waals surface area contributed by atoms with Gasteiger partial charge in [-0.2, -0.15) is 0 Å². The van der Waals surface area contributed by atoms with E-state index in [0.29, 0.717) is 34.4 Å². The third-order valence-electron chi connectivity index (χ3n) is 5.89. The Labute approximate surface area is 225 Å². The molecule has 2 heterocycles. The SMILES string of the molecule is CC(C)c1nc(-c2ccc(F)cc2)c(-c2ccnc(Nc3ccccc3)n2)n1/C=C/[C@@H](O)C[C@@H](O)CC(=O)[OH2+]. The fourth-order valence-electron chi connectivity index (χ4n) is 4.10. The first-order valence-electron chi connectivity index (χ1n) is 12.5. The number of nitrogens with one attached hydrogen (secondary N) is 1. The highest BCUT2D eigenvalue weighted by molar-refractivity contribution is 5.79. The lowest BCUT2D eigenvalue weighted by atomic mass is 10.1. The van der Waals surface area contributed by atoms with Crippen LogP contribution in [0.5, 0.6) is 0 Å². The molecular weight excluding hydrogens is 501 g/mol. The number of aliphatic hydroxyl groups is 2. The molecule has 9 nitrogen and oxygen atoms in total. The summed E-state index contributed by atoms with van der Waals surface area (Å²) in [5.41, 5.74) is 3.22. The van der Waals surface area contributed by atoms with E-state index in [4.69, 9.17) is 15.1 Å². The van der Waals surface area contributed by atoms with Crippen molar-refractivity contribution in [2.24, 2.45) is 0 Å². The van der Waals surface area contributed by atoms with Crippen molar-refractivity contribution in [1.29, 1.82) is 0 Å². The molecule has 0 spiro atoms. The number of carbonyl (C=O) groups is 1. The maximum Gasteiger partial charge on any atom is 0.518 e. The van der Waals surface area contributed by atoms with Crippen molar-refractivity contribution in [3.05, 3.63) is 84.6 Å². The molecule has 4 aromatic rings. The summed E-state index contributed by atoms with van der Waals surface area (Å²) in [6, 6.07) is 17.3. The maximum atomic E-state index is 13.7. The van der Waals surface area contributed by atoms with Crippen LogP contribution in [0.1, 0.15) is 38.4 Å². The highest BCUT2D eigenvalue weighted by atomic mass is 19.1. The molecular formula is C29H31FN5O4+. The topological polar surface area (TPSA) is 136 Å². The molecule has 0 saturated heterocycles. The van der Waals surface area contributed by atoms with Crippen LogP contribution >= 0.6 is 0 Å².